The number of aromatic nitrogens is 3. The normalized spacial score (nSPS) is 16.0. The molecule has 1 unspecified atom stereocenters. The van der Waals surface area contributed by atoms with E-state index in [1.54, 1.807) is 36.7 Å². The lowest BCUT2D eigenvalue weighted by atomic mass is 10.0. The van der Waals surface area contributed by atoms with Crippen LogP contribution in [0.2, 0.25) is 0 Å². The second-order valence-corrected chi connectivity index (χ2v) is 5.63. The summed E-state index contributed by atoms with van der Waals surface area (Å²) in [5.41, 5.74) is 11.9. The molecule has 0 bridgehead atoms. The SMILES string of the molecule is N#CC1=C(N)n2c(=O)c3c(N)cccc3c(=O)n2C1c1ccncc1. The number of rotatable bonds is 1. The second-order valence-electron chi connectivity index (χ2n) is 5.63. The highest BCUT2D eigenvalue weighted by molar-refractivity contribution is 5.92. The molecule has 8 heteroatoms. The first-order chi connectivity index (χ1) is 12.1. The average molecular weight is 332 g/mol. The molecule has 0 aliphatic carbocycles. The number of fused-ring (bicyclic) bond motifs is 2. The summed E-state index contributed by atoms with van der Waals surface area (Å²) in [4.78, 5) is 29.9. The minimum Gasteiger partial charge on any atom is -0.398 e. The van der Waals surface area contributed by atoms with Crippen molar-refractivity contribution in [3.05, 3.63) is 74.6 Å². The van der Waals surface area contributed by atoms with Gasteiger partial charge in [0.1, 0.15) is 23.5 Å². The van der Waals surface area contributed by atoms with Gasteiger partial charge in [0.2, 0.25) is 0 Å². The van der Waals surface area contributed by atoms with Crippen molar-refractivity contribution in [2.24, 2.45) is 5.73 Å². The molecule has 1 aromatic carbocycles. The Bertz CT molecular complexity index is 1210. The summed E-state index contributed by atoms with van der Waals surface area (Å²) in [7, 11) is 0. The summed E-state index contributed by atoms with van der Waals surface area (Å²) in [6.07, 6.45) is 3.09. The van der Waals surface area contributed by atoms with E-state index in [0.29, 0.717) is 5.56 Å². The van der Waals surface area contributed by atoms with Crippen LogP contribution in [0, 0.1) is 11.3 Å². The van der Waals surface area contributed by atoms with Gasteiger partial charge in [-0.3, -0.25) is 14.6 Å². The summed E-state index contributed by atoms with van der Waals surface area (Å²) < 4.78 is 2.23. The fraction of sp³-hybridized carbons (Fsp3) is 0.0588. The van der Waals surface area contributed by atoms with Gasteiger partial charge in [-0.1, -0.05) is 6.07 Å². The van der Waals surface area contributed by atoms with Crippen molar-refractivity contribution >= 4 is 22.3 Å². The van der Waals surface area contributed by atoms with Crippen molar-refractivity contribution in [1.82, 2.24) is 14.3 Å². The van der Waals surface area contributed by atoms with Crippen LogP contribution in [0.1, 0.15) is 11.6 Å². The fourth-order valence-electron chi connectivity index (χ4n) is 3.21. The molecule has 1 aliphatic rings. The van der Waals surface area contributed by atoms with E-state index in [9.17, 15) is 14.9 Å². The maximum atomic E-state index is 13.1. The number of nitrogens with two attached hydrogens (primary N) is 2. The van der Waals surface area contributed by atoms with Gasteiger partial charge in [-0.25, -0.2) is 4.68 Å². The third kappa shape index (κ3) is 1.83. The average Bonchev–Trinajstić information content (AvgIpc) is 2.93. The third-order valence-corrected chi connectivity index (χ3v) is 4.32. The Morgan fingerprint density at radius 3 is 2.48 bits per heavy atom. The molecule has 0 amide bonds. The van der Waals surface area contributed by atoms with Gasteiger partial charge in [0, 0.05) is 18.1 Å². The van der Waals surface area contributed by atoms with Crippen molar-refractivity contribution < 1.29 is 0 Å². The van der Waals surface area contributed by atoms with Crippen LogP contribution in [0.15, 0.2) is 57.9 Å². The maximum absolute atomic E-state index is 13.1. The highest BCUT2D eigenvalue weighted by Gasteiger charge is 2.34. The first-order valence-electron chi connectivity index (χ1n) is 7.42. The minimum absolute atomic E-state index is 0.0726. The zero-order chi connectivity index (χ0) is 17.7. The van der Waals surface area contributed by atoms with E-state index in [0.717, 1.165) is 4.68 Å². The maximum Gasteiger partial charge on any atom is 0.281 e. The van der Waals surface area contributed by atoms with Gasteiger partial charge < -0.3 is 11.5 Å². The van der Waals surface area contributed by atoms with Gasteiger partial charge in [0.25, 0.3) is 11.1 Å². The smallest absolute Gasteiger partial charge is 0.281 e. The zero-order valence-electron chi connectivity index (χ0n) is 12.9. The number of anilines is 1. The summed E-state index contributed by atoms with van der Waals surface area (Å²) >= 11 is 0. The van der Waals surface area contributed by atoms with Crippen LogP contribution < -0.4 is 22.6 Å². The summed E-state index contributed by atoms with van der Waals surface area (Å²) in [6.45, 7) is 0. The van der Waals surface area contributed by atoms with Crippen LogP contribution in [0.4, 0.5) is 5.69 Å². The predicted octanol–water partition coefficient (Wildman–Crippen LogP) is 0.394. The molecule has 0 fully saturated rings. The third-order valence-electron chi connectivity index (χ3n) is 4.32. The van der Waals surface area contributed by atoms with E-state index in [1.807, 2.05) is 6.07 Å². The first-order valence-corrected chi connectivity index (χ1v) is 7.42. The standard InChI is InChI=1S/C17H12N6O2/c18-8-11-14(9-4-6-21-7-5-9)22-16(24)10-2-1-3-12(19)13(10)17(25)23(22)15(11)20/h1-7,14H,19-20H2. The molecule has 1 aliphatic heterocycles. The molecule has 0 saturated carbocycles. The van der Waals surface area contributed by atoms with E-state index < -0.39 is 17.2 Å². The molecule has 4 N–H and O–H groups in total. The minimum atomic E-state index is -0.793. The topological polar surface area (TPSA) is 133 Å². The molecule has 0 radical (unpaired) electrons. The number of nitriles is 1. The highest BCUT2D eigenvalue weighted by atomic mass is 16.2. The molecule has 122 valence electrons. The van der Waals surface area contributed by atoms with Crippen molar-refractivity contribution in [3.63, 3.8) is 0 Å². The van der Waals surface area contributed by atoms with Gasteiger partial charge in [0.05, 0.1) is 10.8 Å². The van der Waals surface area contributed by atoms with Gasteiger partial charge in [-0.05, 0) is 29.8 Å². The zero-order valence-corrected chi connectivity index (χ0v) is 12.9. The molecule has 0 spiro atoms. The monoisotopic (exact) mass is 332 g/mol. The molecule has 3 heterocycles. The molecule has 0 saturated heterocycles. The Morgan fingerprint density at radius 2 is 1.80 bits per heavy atom. The molecule has 4 rings (SSSR count). The number of hydrogen-bond donors (Lipinski definition) is 2. The van der Waals surface area contributed by atoms with Crippen LogP contribution in [-0.4, -0.2) is 14.3 Å². The van der Waals surface area contributed by atoms with Gasteiger partial charge in [-0.2, -0.15) is 9.94 Å². The quantitative estimate of drug-likeness (QED) is 0.620. The van der Waals surface area contributed by atoms with Crippen molar-refractivity contribution in [2.45, 2.75) is 6.04 Å². The Hall–Kier alpha value is -3.86. The van der Waals surface area contributed by atoms with Crippen molar-refractivity contribution in [2.75, 3.05) is 5.73 Å². The van der Waals surface area contributed by atoms with Gasteiger partial charge in [-0.15, -0.1) is 0 Å². The lowest BCUT2D eigenvalue weighted by Gasteiger charge is -2.16. The number of nitrogens with zero attached hydrogens (tertiary/aromatic N) is 4. The van der Waals surface area contributed by atoms with Gasteiger partial charge in [0.15, 0.2) is 0 Å². The lowest BCUT2D eigenvalue weighted by molar-refractivity contribution is 0.539. The Balaban J connectivity index is 2.21. The van der Waals surface area contributed by atoms with E-state index in [2.05, 4.69) is 4.98 Å². The Labute approximate surface area is 140 Å². The number of nitrogen functional groups attached to an aromatic ring is 1. The van der Waals surface area contributed by atoms with Crippen molar-refractivity contribution in [3.8, 4) is 6.07 Å². The second kappa shape index (κ2) is 5.07. The summed E-state index contributed by atoms with van der Waals surface area (Å²) in [5, 5.41) is 9.84. The largest absolute Gasteiger partial charge is 0.398 e. The molecular weight excluding hydrogens is 320 g/mol. The molecule has 8 nitrogen and oxygen atoms in total. The van der Waals surface area contributed by atoms with Crippen LogP contribution in [0.25, 0.3) is 16.6 Å². The highest BCUT2D eigenvalue weighted by Crippen LogP contribution is 2.32. The van der Waals surface area contributed by atoms with Crippen LogP contribution >= 0.6 is 0 Å². The predicted molar refractivity (Wildman–Crippen MR) is 92.3 cm³/mol. The van der Waals surface area contributed by atoms with Gasteiger partial charge >= 0.3 is 0 Å². The molecule has 25 heavy (non-hydrogen) atoms. The molecule has 2 aromatic heterocycles. The number of hydrogen-bond acceptors (Lipinski definition) is 6. The van der Waals surface area contributed by atoms with Crippen LogP contribution in [-0.2, 0) is 0 Å². The van der Waals surface area contributed by atoms with Crippen molar-refractivity contribution in [1.29, 1.82) is 5.26 Å². The van der Waals surface area contributed by atoms with Crippen LogP contribution in [0.3, 0.4) is 0 Å². The Kier molecular flexibility index (Phi) is 2.99. The number of pyridine rings is 1. The molecule has 1 atom stereocenters. The van der Waals surface area contributed by atoms with E-state index in [-0.39, 0.29) is 27.9 Å². The summed E-state index contributed by atoms with van der Waals surface area (Å²) in [5.74, 6) is -0.0726. The van der Waals surface area contributed by atoms with E-state index in [4.69, 9.17) is 11.5 Å². The summed E-state index contributed by atoms with van der Waals surface area (Å²) in [6, 6.07) is 9.25. The van der Waals surface area contributed by atoms with Crippen LogP contribution in [0.5, 0.6) is 0 Å². The number of benzene rings is 1. The fourth-order valence-corrected chi connectivity index (χ4v) is 3.21. The lowest BCUT2D eigenvalue weighted by Crippen LogP contribution is -2.38. The molecular formula is C17H12N6O2. The molecule has 3 aromatic rings. The van der Waals surface area contributed by atoms with E-state index in [1.165, 1.54) is 10.7 Å². The van der Waals surface area contributed by atoms with E-state index >= 15 is 0 Å². The first kappa shape index (κ1) is 14.7. The number of allylic oxidation sites excluding steroid dienone is 1. The Morgan fingerprint density at radius 1 is 1.08 bits per heavy atom.